The van der Waals surface area contributed by atoms with Crippen molar-refractivity contribution in [1.29, 1.82) is 0 Å². The van der Waals surface area contributed by atoms with Crippen molar-refractivity contribution in [3.8, 4) is 5.69 Å². The molecule has 132 valence electrons. The Balaban J connectivity index is 1.51. The Morgan fingerprint density at radius 2 is 1.81 bits per heavy atom. The summed E-state index contributed by atoms with van der Waals surface area (Å²) in [5.41, 5.74) is 2.02. The molecule has 3 rings (SSSR count). The fourth-order valence-corrected chi connectivity index (χ4v) is 2.41. The summed E-state index contributed by atoms with van der Waals surface area (Å²) in [7, 11) is 0. The summed E-state index contributed by atoms with van der Waals surface area (Å²) in [6, 6.07) is 15.7. The molecule has 0 saturated carbocycles. The standard InChI is InChI=1S/C18H18N6O2/c1-13(20-18(26)14-5-3-2-4-6-14)11-17(25)21-15-7-9-16(10-8-15)24-12-19-22-23-24/h2-10,12-13H,11H2,1H3,(H,20,26)(H,21,25). The van der Waals surface area contributed by atoms with Gasteiger partial charge in [0.15, 0.2) is 0 Å². The molecule has 0 bridgehead atoms. The number of amides is 2. The number of aromatic nitrogens is 4. The van der Waals surface area contributed by atoms with Gasteiger partial charge in [0.2, 0.25) is 5.91 Å². The molecule has 1 atom stereocenters. The predicted molar refractivity (Wildman–Crippen MR) is 95.8 cm³/mol. The number of anilines is 1. The highest BCUT2D eigenvalue weighted by Gasteiger charge is 2.13. The molecule has 1 unspecified atom stereocenters. The summed E-state index contributed by atoms with van der Waals surface area (Å²) in [6.07, 6.45) is 1.66. The molecule has 2 amide bonds. The molecule has 1 heterocycles. The van der Waals surface area contributed by atoms with E-state index < -0.39 is 0 Å². The van der Waals surface area contributed by atoms with E-state index in [2.05, 4.69) is 26.2 Å². The average Bonchev–Trinajstić information content (AvgIpc) is 3.17. The maximum absolute atomic E-state index is 12.2. The normalized spacial score (nSPS) is 11.6. The van der Waals surface area contributed by atoms with Gasteiger partial charge in [-0.25, -0.2) is 4.68 Å². The summed E-state index contributed by atoms with van der Waals surface area (Å²) < 4.78 is 1.52. The minimum Gasteiger partial charge on any atom is -0.349 e. The first-order chi connectivity index (χ1) is 12.6. The van der Waals surface area contributed by atoms with E-state index in [1.165, 1.54) is 11.0 Å². The number of benzene rings is 2. The minimum atomic E-state index is -0.289. The molecule has 3 aromatic rings. The SMILES string of the molecule is CC(CC(=O)Nc1ccc(-n2cnnn2)cc1)NC(=O)c1ccccc1. The fraction of sp³-hybridized carbons (Fsp3) is 0.167. The lowest BCUT2D eigenvalue weighted by Crippen LogP contribution is -2.35. The smallest absolute Gasteiger partial charge is 0.251 e. The van der Waals surface area contributed by atoms with Crippen molar-refractivity contribution in [2.24, 2.45) is 0 Å². The first kappa shape index (κ1) is 17.3. The summed E-state index contributed by atoms with van der Waals surface area (Å²) in [4.78, 5) is 24.2. The molecular weight excluding hydrogens is 332 g/mol. The molecule has 0 fully saturated rings. The third-order valence-electron chi connectivity index (χ3n) is 3.67. The van der Waals surface area contributed by atoms with Crippen molar-refractivity contribution < 1.29 is 9.59 Å². The zero-order valence-electron chi connectivity index (χ0n) is 14.2. The van der Waals surface area contributed by atoms with Crippen LogP contribution in [0, 0.1) is 0 Å². The summed E-state index contributed by atoms with van der Waals surface area (Å²) in [5, 5.41) is 16.6. The van der Waals surface area contributed by atoms with Gasteiger partial charge in [0.05, 0.1) is 5.69 Å². The molecule has 0 saturated heterocycles. The van der Waals surface area contributed by atoms with Crippen molar-refractivity contribution >= 4 is 17.5 Å². The quantitative estimate of drug-likeness (QED) is 0.706. The van der Waals surface area contributed by atoms with Crippen LogP contribution >= 0.6 is 0 Å². The van der Waals surface area contributed by atoms with Gasteiger partial charge in [-0.15, -0.1) is 5.10 Å². The first-order valence-electron chi connectivity index (χ1n) is 8.11. The van der Waals surface area contributed by atoms with E-state index in [4.69, 9.17) is 0 Å². The fourth-order valence-electron chi connectivity index (χ4n) is 2.41. The molecule has 0 aliphatic heterocycles. The molecule has 2 N–H and O–H groups in total. The van der Waals surface area contributed by atoms with Gasteiger partial charge in [-0.2, -0.15) is 0 Å². The lowest BCUT2D eigenvalue weighted by Gasteiger charge is -2.14. The number of nitrogens with zero attached hydrogens (tertiary/aromatic N) is 4. The van der Waals surface area contributed by atoms with E-state index in [0.717, 1.165) is 5.69 Å². The number of rotatable bonds is 6. The minimum absolute atomic E-state index is 0.174. The van der Waals surface area contributed by atoms with Gasteiger partial charge in [-0.05, 0) is 53.7 Å². The summed E-state index contributed by atoms with van der Waals surface area (Å²) >= 11 is 0. The third kappa shape index (κ3) is 4.50. The number of hydrogen-bond donors (Lipinski definition) is 2. The van der Waals surface area contributed by atoms with Crippen molar-refractivity contribution in [3.63, 3.8) is 0 Å². The molecule has 0 aliphatic carbocycles. The van der Waals surface area contributed by atoms with Crippen LogP contribution in [-0.2, 0) is 4.79 Å². The second-order valence-corrected chi connectivity index (χ2v) is 5.79. The van der Waals surface area contributed by atoms with Crippen LogP contribution in [0.15, 0.2) is 60.9 Å². The number of nitrogens with one attached hydrogen (secondary N) is 2. The van der Waals surface area contributed by atoms with E-state index in [9.17, 15) is 9.59 Å². The van der Waals surface area contributed by atoms with E-state index >= 15 is 0 Å². The largest absolute Gasteiger partial charge is 0.349 e. The third-order valence-corrected chi connectivity index (χ3v) is 3.67. The lowest BCUT2D eigenvalue weighted by molar-refractivity contribution is -0.116. The van der Waals surface area contributed by atoms with Crippen molar-refractivity contribution in [2.75, 3.05) is 5.32 Å². The van der Waals surface area contributed by atoms with Crippen LogP contribution in [0.3, 0.4) is 0 Å². The Bertz CT molecular complexity index is 862. The van der Waals surface area contributed by atoms with E-state index in [1.807, 2.05) is 6.07 Å². The Kier molecular flexibility index (Phi) is 5.33. The second-order valence-electron chi connectivity index (χ2n) is 5.79. The van der Waals surface area contributed by atoms with Gasteiger partial charge in [-0.1, -0.05) is 18.2 Å². The van der Waals surface area contributed by atoms with Crippen LogP contribution in [0.25, 0.3) is 5.69 Å². The molecule has 0 spiro atoms. The highest BCUT2D eigenvalue weighted by atomic mass is 16.2. The van der Waals surface area contributed by atoms with Gasteiger partial charge in [0.1, 0.15) is 6.33 Å². The van der Waals surface area contributed by atoms with Crippen molar-refractivity contribution in [1.82, 2.24) is 25.5 Å². The maximum atomic E-state index is 12.2. The van der Waals surface area contributed by atoms with Gasteiger partial charge >= 0.3 is 0 Å². The molecule has 26 heavy (non-hydrogen) atoms. The Morgan fingerprint density at radius 1 is 1.08 bits per heavy atom. The first-order valence-corrected chi connectivity index (χ1v) is 8.11. The van der Waals surface area contributed by atoms with E-state index in [0.29, 0.717) is 11.3 Å². The average molecular weight is 350 g/mol. The number of carbonyl (C=O) groups is 2. The van der Waals surface area contributed by atoms with Crippen LogP contribution in [0.4, 0.5) is 5.69 Å². The van der Waals surface area contributed by atoms with Crippen LogP contribution in [0.5, 0.6) is 0 Å². The van der Waals surface area contributed by atoms with E-state index in [1.54, 1.807) is 55.5 Å². The molecule has 0 radical (unpaired) electrons. The number of carbonyl (C=O) groups excluding carboxylic acids is 2. The molecular formula is C18H18N6O2. The lowest BCUT2D eigenvalue weighted by atomic mass is 10.1. The monoisotopic (exact) mass is 350 g/mol. The van der Waals surface area contributed by atoms with E-state index in [-0.39, 0.29) is 24.3 Å². The van der Waals surface area contributed by atoms with Gasteiger partial charge in [0.25, 0.3) is 5.91 Å². The summed E-state index contributed by atoms with van der Waals surface area (Å²) in [6.45, 7) is 1.79. The zero-order chi connectivity index (χ0) is 18.4. The van der Waals surface area contributed by atoms with Crippen LogP contribution in [0.1, 0.15) is 23.7 Å². The molecule has 2 aromatic carbocycles. The molecule has 8 heteroatoms. The van der Waals surface area contributed by atoms with Crippen LogP contribution in [-0.4, -0.2) is 38.1 Å². The summed E-state index contributed by atoms with van der Waals surface area (Å²) in [5.74, 6) is -0.377. The highest BCUT2D eigenvalue weighted by Crippen LogP contribution is 2.12. The predicted octanol–water partition coefficient (Wildman–Crippen LogP) is 1.81. The second kappa shape index (κ2) is 8.02. The van der Waals surface area contributed by atoms with Crippen LogP contribution in [0.2, 0.25) is 0 Å². The highest BCUT2D eigenvalue weighted by molar-refractivity contribution is 5.95. The molecule has 1 aromatic heterocycles. The topological polar surface area (TPSA) is 102 Å². The molecule has 8 nitrogen and oxygen atoms in total. The Labute approximate surface area is 150 Å². The maximum Gasteiger partial charge on any atom is 0.251 e. The Morgan fingerprint density at radius 3 is 2.46 bits per heavy atom. The van der Waals surface area contributed by atoms with Crippen molar-refractivity contribution in [2.45, 2.75) is 19.4 Å². The number of tetrazole rings is 1. The van der Waals surface area contributed by atoms with Crippen LogP contribution < -0.4 is 10.6 Å². The van der Waals surface area contributed by atoms with Crippen molar-refractivity contribution in [3.05, 3.63) is 66.5 Å². The van der Waals surface area contributed by atoms with Gasteiger partial charge in [0, 0.05) is 23.7 Å². The van der Waals surface area contributed by atoms with Gasteiger partial charge in [-0.3, -0.25) is 9.59 Å². The Hall–Kier alpha value is -3.55. The zero-order valence-corrected chi connectivity index (χ0v) is 14.2. The van der Waals surface area contributed by atoms with Gasteiger partial charge < -0.3 is 10.6 Å². The molecule has 0 aliphatic rings. The number of hydrogen-bond acceptors (Lipinski definition) is 5.